The highest BCUT2D eigenvalue weighted by Crippen LogP contribution is 2.24. The molecule has 0 N–H and O–H groups in total. The molecule has 0 aromatic heterocycles. The smallest absolute Gasteiger partial charge is 0.0483 e. The summed E-state index contributed by atoms with van der Waals surface area (Å²) in [5.41, 5.74) is 3.35. The monoisotopic (exact) mass is 228 g/mol. The van der Waals surface area contributed by atoms with E-state index >= 15 is 0 Å². The summed E-state index contributed by atoms with van der Waals surface area (Å²) in [6, 6.07) is 2.76. The Morgan fingerprint density at radius 3 is 1.00 bits per heavy atom. The molecule has 0 heterocycles. The van der Waals surface area contributed by atoms with Gasteiger partial charge >= 0.3 is 0 Å². The van der Waals surface area contributed by atoms with Gasteiger partial charge in [0.05, 0.1) is 0 Å². The molecule has 0 rings (SSSR count). The third kappa shape index (κ3) is 7.57. The molecule has 0 aliphatic heterocycles. The molecule has 0 fully saturated rings. The van der Waals surface area contributed by atoms with Crippen molar-refractivity contribution in [2.45, 2.75) is 65.2 Å². The minimum atomic E-state index is -0.901. The van der Waals surface area contributed by atoms with Crippen molar-refractivity contribution in [2.24, 2.45) is 0 Å². The second-order valence-corrected chi connectivity index (χ2v) is 18.0. The Morgan fingerprint density at radius 1 is 0.643 bits per heavy atom. The molecule has 14 heavy (non-hydrogen) atoms. The van der Waals surface area contributed by atoms with Crippen LogP contribution in [0.2, 0.25) is 51.4 Å². The zero-order valence-corrected chi connectivity index (χ0v) is 13.4. The van der Waals surface area contributed by atoms with E-state index in [0.717, 1.165) is 0 Å². The summed E-state index contributed by atoms with van der Waals surface area (Å²) in [6.45, 7) is 19.4. The van der Waals surface area contributed by atoms with Crippen LogP contribution in [-0.4, -0.2) is 16.1 Å². The largest absolute Gasteiger partial charge is 0.0773 e. The average molecular weight is 229 g/mol. The molecule has 0 bridgehead atoms. The van der Waals surface area contributed by atoms with Gasteiger partial charge in [-0.05, 0) is 25.9 Å². The summed E-state index contributed by atoms with van der Waals surface area (Å²) >= 11 is 0. The van der Waals surface area contributed by atoms with Gasteiger partial charge in [0.2, 0.25) is 0 Å². The molecule has 0 aromatic rings. The van der Waals surface area contributed by atoms with Gasteiger partial charge < -0.3 is 0 Å². The van der Waals surface area contributed by atoms with Gasteiger partial charge in [-0.25, -0.2) is 0 Å². The van der Waals surface area contributed by atoms with Gasteiger partial charge in [-0.15, -0.1) is 0 Å². The van der Waals surface area contributed by atoms with Crippen LogP contribution in [0, 0.1) is 0 Å². The van der Waals surface area contributed by atoms with Gasteiger partial charge in [-0.2, -0.15) is 0 Å². The van der Waals surface area contributed by atoms with Gasteiger partial charge in [0.1, 0.15) is 0 Å². The first-order valence-electron chi connectivity index (χ1n) is 5.66. The minimum absolute atomic E-state index is 0.901. The SMILES string of the molecule is C/C(C[Si](C)(C)C)=C(\C)C[Si](C)(C)C. The molecular formula is C12H28Si2. The molecule has 0 radical (unpaired) electrons. The van der Waals surface area contributed by atoms with Crippen molar-refractivity contribution >= 4 is 16.1 Å². The Hall–Kier alpha value is 0.174. The first-order valence-corrected chi connectivity index (χ1v) is 13.1. The molecule has 0 aromatic carbocycles. The molecule has 0 amide bonds. The topological polar surface area (TPSA) is 0 Å². The number of allylic oxidation sites excluding steroid dienone is 2. The lowest BCUT2D eigenvalue weighted by molar-refractivity contribution is 1.17. The van der Waals surface area contributed by atoms with E-state index < -0.39 is 16.1 Å². The standard InChI is InChI=1S/C12H28Si2/c1-11(9-13(3,4)5)12(2)10-14(6,7)8/h9-10H2,1-8H3/b12-11-. The van der Waals surface area contributed by atoms with Crippen LogP contribution in [-0.2, 0) is 0 Å². The van der Waals surface area contributed by atoms with E-state index in [-0.39, 0.29) is 0 Å². The lowest BCUT2D eigenvalue weighted by atomic mass is 10.2. The van der Waals surface area contributed by atoms with Gasteiger partial charge in [-0.1, -0.05) is 50.4 Å². The Balaban J connectivity index is 4.45. The van der Waals surface area contributed by atoms with Crippen molar-refractivity contribution in [3.05, 3.63) is 11.1 Å². The lowest BCUT2D eigenvalue weighted by Gasteiger charge is -2.22. The van der Waals surface area contributed by atoms with Crippen molar-refractivity contribution in [1.29, 1.82) is 0 Å². The lowest BCUT2D eigenvalue weighted by Crippen LogP contribution is -2.22. The first-order chi connectivity index (χ1) is 6.01. The number of rotatable bonds is 4. The van der Waals surface area contributed by atoms with E-state index in [2.05, 4.69) is 53.1 Å². The zero-order chi connectivity index (χ0) is 11.6. The molecule has 0 saturated heterocycles. The summed E-state index contributed by atoms with van der Waals surface area (Å²) < 4.78 is 0. The first kappa shape index (κ1) is 14.2. The van der Waals surface area contributed by atoms with E-state index in [4.69, 9.17) is 0 Å². The second kappa shape index (κ2) is 4.80. The van der Waals surface area contributed by atoms with Crippen molar-refractivity contribution in [3.8, 4) is 0 Å². The van der Waals surface area contributed by atoms with Crippen LogP contribution in [0.25, 0.3) is 0 Å². The van der Waals surface area contributed by atoms with Crippen LogP contribution in [0.4, 0.5) is 0 Å². The number of hydrogen-bond acceptors (Lipinski definition) is 0. The predicted molar refractivity (Wildman–Crippen MR) is 74.7 cm³/mol. The predicted octanol–water partition coefficient (Wildman–Crippen LogP) is 5.00. The minimum Gasteiger partial charge on any atom is -0.0773 e. The van der Waals surface area contributed by atoms with Crippen LogP contribution in [0.1, 0.15) is 13.8 Å². The second-order valence-electron chi connectivity index (χ2n) is 7.04. The maximum absolute atomic E-state index is 2.46. The van der Waals surface area contributed by atoms with Crippen molar-refractivity contribution in [1.82, 2.24) is 0 Å². The average Bonchev–Trinajstić information content (AvgIpc) is 1.78. The van der Waals surface area contributed by atoms with E-state index in [1.165, 1.54) is 12.1 Å². The summed E-state index contributed by atoms with van der Waals surface area (Å²) in [4.78, 5) is 0. The Morgan fingerprint density at radius 2 is 0.857 bits per heavy atom. The van der Waals surface area contributed by atoms with E-state index in [1.807, 2.05) is 0 Å². The summed E-state index contributed by atoms with van der Waals surface area (Å²) in [5.74, 6) is 0. The molecule has 0 aliphatic carbocycles. The summed E-state index contributed by atoms with van der Waals surface area (Å²) in [5, 5.41) is 0. The van der Waals surface area contributed by atoms with E-state index in [1.54, 1.807) is 11.1 Å². The van der Waals surface area contributed by atoms with E-state index in [9.17, 15) is 0 Å². The van der Waals surface area contributed by atoms with Gasteiger partial charge in [-0.3, -0.25) is 0 Å². The normalized spacial score (nSPS) is 15.4. The fraction of sp³-hybridized carbons (Fsp3) is 0.833. The van der Waals surface area contributed by atoms with Gasteiger partial charge in [0.15, 0.2) is 0 Å². The van der Waals surface area contributed by atoms with Crippen molar-refractivity contribution in [3.63, 3.8) is 0 Å². The van der Waals surface area contributed by atoms with Crippen molar-refractivity contribution < 1.29 is 0 Å². The Bertz CT molecular complexity index is 189. The fourth-order valence-corrected chi connectivity index (χ4v) is 5.68. The molecule has 0 atom stereocenters. The van der Waals surface area contributed by atoms with Gasteiger partial charge in [0.25, 0.3) is 0 Å². The summed E-state index contributed by atoms with van der Waals surface area (Å²) in [7, 11) is -1.80. The molecule has 0 saturated carbocycles. The van der Waals surface area contributed by atoms with Crippen LogP contribution in [0.15, 0.2) is 11.1 Å². The molecule has 0 spiro atoms. The highest BCUT2D eigenvalue weighted by molar-refractivity contribution is 6.77. The van der Waals surface area contributed by atoms with Crippen molar-refractivity contribution in [2.75, 3.05) is 0 Å². The maximum Gasteiger partial charge on any atom is 0.0483 e. The molecule has 2 heteroatoms. The third-order valence-corrected chi connectivity index (χ3v) is 5.50. The van der Waals surface area contributed by atoms with E-state index in [0.29, 0.717) is 0 Å². The molecule has 0 unspecified atom stereocenters. The highest BCUT2D eigenvalue weighted by Gasteiger charge is 2.18. The Labute approximate surface area is 92.8 Å². The molecule has 0 nitrogen and oxygen atoms in total. The van der Waals surface area contributed by atoms with Gasteiger partial charge in [0, 0.05) is 16.1 Å². The van der Waals surface area contributed by atoms with Crippen LogP contribution < -0.4 is 0 Å². The molecule has 84 valence electrons. The molecular weight excluding hydrogens is 200 g/mol. The maximum atomic E-state index is 2.46. The quantitative estimate of drug-likeness (QED) is 0.469. The molecule has 0 aliphatic rings. The van der Waals surface area contributed by atoms with Crippen LogP contribution in [0.3, 0.4) is 0 Å². The summed E-state index contributed by atoms with van der Waals surface area (Å²) in [6.07, 6.45) is 0. The number of hydrogen-bond donors (Lipinski definition) is 0. The Kier molecular flexibility index (Phi) is 4.86. The zero-order valence-electron chi connectivity index (χ0n) is 11.4. The fourth-order valence-electron chi connectivity index (χ4n) is 1.89. The third-order valence-electron chi connectivity index (χ3n) is 2.32. The highest BCUT2D eigenvalue weighted by atomic mass is 28.3. The van der Waals surface area contributed by atoms with Crippen LogP contribution in [0.5, 0.6) is 0 Å². The van der Waals surface area contributed by atoms with Crippen LogP contribution >= 0.6 is 0 Å².